The minimum Gasteiger partial charge on any atom is -0.465 e. The monoisotopic (exact) mass is 339 g/mol. The molecule has 1 atom stereocenters. The minimum atomic E-state index is -0.884. The third kappa shape index (κ3) is 3.08. The third-order valence-electron chi connectivity index (χ3n) is 4.28. The highest BCUT2D eigenvalue weighted by Gasteiger charge is 2.23. The summed E-state index contributed by atoms with van der Waals surface area (Å²) in [7, 11) is 0. The van der Waals surface area contributed by atoms with Crippen molar-refractivity contribution in [3.05, 3.63) is 37.2 Å². The fourth-order valence-electron chi connectivity index (χ4n) is 3.07. The van der Waals surface area contributed by atoms with Gasteiger partial charge in [-0.1, -0.05) is 0 Å². The Morgan fingerprint density at radius 2 is 2.16 bits per heavy atom. The van der Waals surface area contributed by atoms with E-state index in [-0.39, 0.29) is 6.04 Å². The molecule has 1 amide bonds. The topological polar surface area (TPSA) is 109 Å². The van der Waals surface area contributed by atoms with Crippen LogP contribution in [0.1, 0.15) is 12.8 Å². The van der Waals surface area contributed by atoms with Gasteiger partial charge in [0.1, 0.15) is 5.82 Å². The van der Waals surface area contributed by atoms with Gasteiger partial charge in [0.25, 0.3) is 0 Å². The minimum absolute atomic E-state index is 0.0278. The first-order chi connectivity index (χ1) is 12.2. The SMILES string of the molecule is O=C(O)N1CCCC(Nc2cncc(-c3cnn4ccncc34)n2)C1. The van der Waals surface area contributed by atoms with Crippen molar-refractivity contribution in [3.8, 4) is 11.3 Å². The predicted octanol–water partition coefficient (Wildman–Crippen LogP) is 1.74. The summed E-state index contributed by atoms with van der Waals surface area (Å²) in [5, 5.41) is 16.7. The molecule has 1 saturated heterocycles. The van der Waals surface area contributed by atoms with Crippen LogP contribution in [0.4, 0.5) is 10.6 Å². The van der Waals surface area contributed by atoms with Gasteiger partial charge >= 0.3 is 6.09 Å². The molecule has 0 radical (unpaired) electrons. The third-order valence-corrected chi connectivity index (χ3v) is 4.28. The molecule has 4 heterocycles. The van der Waals surface area contributed by atoms with Gasteiger partial charge < -0.3 is 15.3 Å². The Kier molecular flexibility index (Phi) is 3.88. The number of amides is 1. The molecule has 2 N–H and O–H groups in total. The molecule has 1 fully saturated rings. The summed E-state index contributed by atoms with van der Waals surface area (Å²) in [4.78, 5) is 25.6. The molecule has 1 aliphatic rings. The molecule has 0 spiro atoms. The molecule has 1 aliphatic heterocycles. The van der Waals surface area contributed by atoms with Crippen LogP contribution in [-0.2, 0) is 0 Å². The van der Waals surface area contributed by atoms with Gasteiger partial charge in [-0.2, -0.15) is 5.10 Å². The van der Waals surface area contributed by atoms with Crippen LogP contribution in [0.2, 0.25) is 0 Å². The number of anilines is 1. The number of nitrogens with one attached hydrogen (secondary N) is 1. The lowest BCUT2D eigenvalue weighted by molar-refractivity contribution is 0.133. The number of fused-ring (bicyclic) bond motifs is 1. The van der Waals surface area contributed by atoms with Crippen LogP contribution >= 0.6 is 0 Å². The summed E-state index contributed by atoms with van der Waals surface area (Å²) >= 11 is 0. The number of carboxylic acid groups (broad SMARTS) is 1. The Hall–Kier alpha value is -3.23. The molecular weight excluding hydrogens is 322 g/mol. The Balaban J connectivity index is 1.56. The molecule has 0 aliphatic carbocycles. The van der Waals surface area contributed by atoms with Crippen LogP contribution in [0.5, 0.6) is 0 Å². The van der Waals surface area contributed by atoms with Crippen molar-refractivity contribution in [2.45, 2.75) is 18.9 Å². The van der Waals surface area contributed by atoms with Crippen LogP contribution in [-0.4, -0.2) is 59.8 Å². The van der Waals surface area contributed by atoms with E-state index in [4.69, 9.17) is 5.11 Å². The molecule has 1 unspecified atom stereocenters. The summed E-state index contributed by atoms with van der Waals surface area (Å²) < 4.78 is 1.73. The van der Waals surface area contributed by atoms with E-state index >= 15 is 0 Å². The molecule has 9 heteroatoms. The zero-order valence-corrected chi connectivity index (χ0v) is 13.4. The number of rotatable bonds is 3. The molecule has 128 valence electrons. The molecular formula is C16H17N7O2. The van der Waals surface area contributed by atoms with Gasteiger partial charge in [0, 0.05) is 37.1 Å². The number of carbonyl (C=O) groups is 1. The summed E-state index contributed by atoms with van der Waals surface area (Å²) in [6, 6.07) is 0.0278. The van der Waals surface area contributed by atoms with E-state index in [1.165, 1.54) is 4.90 Å². The number of hydrogen-bond donors (Lipinski definition) is 2. The van der Waals surface area contributed by atoms with Gasteiger partial charge in [-0.15, -0.1) is 0 Å². The first kappa shape index (κ1) is 15.3. The van der Waals surface area contributed by atoms with Crippen molar-refractivity contribution in [1.29, 1.82) is 0 Å². The smallest absolute Gasteiger partial charge is 0.407 e. The Morgan fingerprint density at radius 3 is 3.04 bits per heavy atom. The lowest BCUT2D eigenvalue weighted by Crippen LogP contribution is -2.44. The summed E-state index contributed by atoms with van der Waals surface area (Å²) in [6.07, 6.45) is 11.1. The first-order valence-electron chi connectivity index (χ1n) is 8.05. The van der Waals surface area contributed by atoms with Crippen molar-refractivity contribution >= 4 is 17.4 Å². The van der Waals surface area contributed by atoms with Crippen LogP contribution < -0.4 is 5.32 Å². The molecule has 25 heavy (non-hydrogen) atoms. The zero-order chi connectivity index (χ0) is 17.2. The lowest BCUT2D eigenvalue weighted by atomic mass is 10.1. The van der Waals surface area contributed by atoms with Gasteiger partial charge in [-0.3, -0.25) is 9.97 Å². The highest BCUT2D eigenvalue weighted by atomic mass is 16.4. The van der Waals surface area contributed by atoms with Gasteiger partial charge in [0.15, 0.2) is 0 Å². The van der Waals surface area contributed by atoms with Crippen molar-refractivity contribution in [3.63, 3.8) is 0 Å². The van der Waals surface area contributed by atoms with Crippen molar-refractivity contribution in [1.82, 2.24) is 29.5 Å². The van der Waals surface area contributed by atoms with Crippen LogP contribution in [0.3, 0.4) is 0 Å². The molecule has 3 aromatic heterocycles. The van der Waals surface area contributed by atoms with Crippen molar-refractivity contribution in [2.75, 3.05) is 18.4 Å². The summed E-state index contributed by atoms with van der Waals surface area (Å²) in [5.74, 6) is 0.623. The second kappa shape index (κ2) is 6.34. The van der Waals surface area contributed by atoms with Crippen molar-refractivity contribution in [2.24, 2.45) is 0 Å². The second-order valence-electron chi connectivity index (χ2n) is 5.97. The van der Waals surface area contributed by atoms with Gasteiger partial charge in [-0.05, 0) is 12.8 Å². The molecule has 3 aromatic rings. The fraction of sp³-hybridized carbons (Fsp3) is 0.312. The highest BCUT2D eigenvalue weighted by Crippen LogP contribution is 2.23. The van der Waals surface area contributed by atoms with Crippen LogP contribution in [0.15, 0.2) is 37.2 Å². The Labute approximate surface area is 143 Å². The lowest BCUT2D eigenvalue weighted by Gasteiger charge is -2.31. The summed E-state index contributed by atoms with van der Waals surface area (Å²) in [6.45, 7) is 1.02. The quantitative estimate of drug-likeness (QED) is 0.748. The maximum atomic E-state index is 11.1. The zero-order valence-electron chi connectivity index (χ0n) is 13.4. The first-order valence-corrected chi connectivity index (χ1v) is 8.05. The van der Waals surface area contributed by atoms with E-state index in [0.29, 0.717) is 24.6 Å². The maximum absolute atomic E-state index is 11.1. The van der Waals surface area contributed by atoms with Crippen molar-refractivity contribution < 1.29 is 9.90 Å². The van der Waals surface area contributed by atoms with Gasteiger partial charge in [0.2, 0.25) is 0 Å². The number of aromatic nitrogens is 5. The van der Waals surface area contributed by atoms with Crippen LogP contribution in [0, 0.1) is 0 Å². The molecule has 0 bridgehead atoms. The van der Waals surface area contributed by atoms with E-state index in [1.54, 1.807) is 41.7 Å². The largest absolute Gasteiger partial charge is 0.465 e. The molecule has 0 aromatic carbocycles. The average molecular weight is 339 g/mol. The van der Waals surface area contributed by atoms with Gasteiger partial charge in [-0.25, -0.2) is 14.3 Å². The Morgan fingerprint density at radius 1 is 1.24 bits per heavy atom. The standard InChI is InChI=1S/C16H17N7O2/c24-16(25)22-4-1-2-11(10-22)20-15-9-18-7-13(21-15)12-6-19-23-5-3-17-8-14(12)23/h3,5-9,11H,1-2,4,10H2,(H,20,21)(H,24,25). The fourth-order valence-corrected chi connectivity index (χ4v) is 3.07. The van der Waals surface area contributed by atoms with E-state index in [9.17, 15) is 4.79 Å². The predicted molar refractivity (Wildman–Crippen MR) is 90.3 cm³/mol. The molecule has 9 nitrogen and oxygen atoms in total. The number of piperidine rings is 1. The second-order valence-corrected chi connectivity index (χ2v) is 5.97. The number of nitrogens with zero attached hydrogens (tertiary/aromatic N) is 6. The van der Waals surface area contributed by atoms with Gasteiger partial charge in [0.05, 0.1) is 36.0 Å². The van der Waals surface area contributed by atoms with E-state index in [0.717, 1.165) is 23.9 Å². The Bertz CT molecular complexity index is 910. The van der Waals surface area contributed by atoms with E-state index in [1.807, 2.05) is 0 Å². The molecule has 4 rings (SSSR count). The number of hydrogen-bond acceptors (Lipinski definition) is 6. The van der Waals surface area contributed by atoms with E-state index in [2.05, 4.69) is 25.4 Å². The molecule has 0 saturated carbocycles. The highest BCUT2D eigenvalue weighted by molar-refractivity contribution is 5.77. The van der Waals surface area contributed by atoms with Crippen LogP contribution in [0.25, 0.3) is 16.8 Å². The normalized spacial score (nSPS) is 17.6. The van der Waals surface area contributed by atoms with E-state index < -0.39 is 6.09 Å². The number of likely N-dealkylation sites (tertiary alicyclic amines) is 1. The average Bonchev–Trinajstić information content (AvgIpc) is 3.06. The summed E-state index contributed by atoms with van der Waals surface area (Å²) in [5.41, 5.74) is 2.39. The maximum Gasteiger partial charge on any atom is 0.407 e.